The predicted molar refractivity (Wildman–Crippen MR) is 94.3 cm³/mol. The first-order chi connectivity index (χ1) is 11.4. The molecule has 1 unspecified atom stereocenters. The molecule has 3 aromatic rings. The minimum atomic E-state index is -0.513. The third-order valence-electron chi connectivity index (χ3n) is 3.63. The van der Waals surface area contributed by atoms with Crippen LogP contribution in [0.1, 0.15) is 26.3 Å². The standard InChI is InChI=1S/C19H23N3O2/c1-19(2,3)24-13-16(23)12-14-8-10-15(11-9-14)22-20-17-6-4-5-7-18(17)21-22/h4-11,16,23H,12-13H2,1-3H3. The molecule has 0 fully saturated rings. The Kier molecular flexibility index (Phi) is 4.64. The third kappa shape index (κ3) is 4.19. The molecule has 5 heteroatoms. The number of aliphatic hydroxyl groups excluding tert-OH is 1. The molecule has 0 spiro atoms. The number of fused-ring (bicyclic) bond motifs is 1. The maximum atomic E-state index is 10.1. The van der Waals surface area contributed by atoms with E-state index in [2.05, 4.69) is 10.2 Å². The lowest BCUT2D eigenvalue weighted by molar-refractivity contribution is -0.0482. The van der Waals surface area contributed by atoms with Gasteiger partial charge in [-0.05, 0) is 50.6 Å². The topological polar surface area (TPSA) is 60.2 Å². The van der Waals surface area contributed by atoms with Crippen molar-refractivity contribution in [2.24, 2.45) is 0 Å². The zero-order valence-electron chi connectivity index (χ0n) is 14.3. The second-order valence-electron chi connectivity index (χ2n) is 6.93. The highest BCUT2D eigenvalue weighted by molar-refractivity contribution is 5.73. The first kappa shape index (κ1) is 16.6. The van der Waals surface area contributed by atoms with Crippen molar-refractivity contribution in [3.8, 4) is 5.69 Å². The molecule has 126 valence electrons. The van der Waals surface area contributed by atoms with Crippen LogP contribution < -0.4 is 0 Å². The molecule has 0 bridgehead atoms. The summed E-state index contributed by atoms with van der Waals surface area (Å²) in [6.07, 6.45) is 0.0470. The quantitative estimate of drug-likeness (QED) is 0.783. The molecule has 0 aliphatic heterocycles. The summed E-state index contributed by atoms with van der Waals surface area (Å²) in [7, 11) is 0. The Balaban J connectivity index is 1.67. The zero-order chi connectivity index (χ0) is 17.2. The van der Waals surface area contributed by atoms with Crippen LogP contribution in [0.25, 0.3) is 16.7 Å². The highest BCUT2D eigenvalue weighted by Crippen LogP contribution is 2.14. The molecule has 3 rings (SSSR count). The van der Waals surface area contributed by atoms with E-state index in [4.69, 9.17) is 4.74 Å². The number of benzene rings is 2. The number of hydrogen-bond donors (Lipinski definition) is 1. The number of hydrogen-bond acceptors (Lipinski definition) is 4. The van der Waals surface area contributed by atoms with Gasteiger partial charge in [-0.3, -0.25) is 0 Å². The first-order valence-electron chi connectivity index (χ1n) is 8.14. The van der Waals surface area contributed by atoms with Gasteiger partial charge in [-0.1, -0.05) is 24.3 Å². The normalized spacial score (nSPS) is 13.3. The molecular weight excluding hydrogens is 302 g/mol. The van der Waals surface area contributed by atoms with Crippen molar-refractivity contribution in [3.05, 3.63) is 54.1 Å². The molecule has 0 aliphatic carbocycles. The molecule has 0 saturated heterocycles. The maximum absolute atomic E-state index is 10.1. The van der Waals surface area contributed by atoms with Crippen molar-refractivity contribution < 1.29 is 9.84 Å². The Morgan fingerprint density at radius 2 is 1.58 bits per heavy atom. The Morgan fingerprint density at radius 3 is 2.12 bits per heavy atom. The monoisotopic (exact) mass is 325 g/mol. The third-order valence-corrected chi connectivity index (χ3v) is 3.63. The molecule has 1 atom stereocenters. The molecular formula is C19H23N3O2. The number of ether oxygens (including phenoxy) is 1. The summed E-state index contributed by atoms with van der Waals surface area (Å²) in [5, 5.41) is 19.0. The summed E-state index contributed by atoms with van der Waals surface area (Å²) < 4.78 is 5.62. The van der Waals surface area contributed by atoms with E-state index in [1.165, 1.54) is 0 Å². The Labute approximate surface area is 141 Å². The van der Waals surface area contributed by atoms with E-state index in [1.54, 1.807) is 4.80 Å². The van der Waals surface area contributed by atoms with Gasteiger partial charge in [0.15, 0.2) is 0 Å². The number of rotatable bonds is 5. The van der Waals surface area contributed by atoms with Gasteiger partial charge in [-0.25, -0.2) is 0 Å². The van der Waals surface area contributed by atoms with Crippen LogP contribution in [0.2, 0.25) is 0 Å². The van der Waals surface area contributed by atoms with Crippen molar-refractivity contribution in [1.82, 2.24) is 15.0 Å². The average molecular weight is 325 g/mol. The molecule has 0 amide bonds. The largest absolute Gasteiger partial charge is 0.390 e. The summed E-state index contributed by atoms with van der Waals surface area (Å²) in [4.78, 5) is 1.63. The van der Waals surface area contributed by atoms with Crippen molar-refractivity contribution >= 4 is 11.0 Å². The summed E-state index contributed by atoms with van der Waals surface area (Å²) in [5.74, 6) is 0. The second-order valence-corrected chi connectivity index (χ2v) is 6.93. The molecule has 1 aromatic heterocycles. The number of aliphatic hydroxyl groups is 1. The lowest BCUT2D eigenvalue weighted by Gasteiger charge is -2.22. The first-order valence-corrected chi connectivity index (χ1v) is 8.14. The molecule has 2 aromatic carbocycles. The SMILES string of the molecule is CC(C)(C)OCC(O)Cc1ccc(-n2nc3ccccc3n2)cc1. The van der Waals surface area contributed by atoms with E-state index < -0.39 is 6.10 Å². The fraction of sp³-hybridized carbons (Fsp3) is 0.368. The predicted octanol–water partition coefficient (Wildman–Crippen LogP) is 3.14. The molecule has 1 N–H and O–H groups in total. The van der Waals surface area contributed by atoms with Gasteiger partial charge in [-0.15, -0.1) is 10.2 Å². The summed E-state index contributed by atoms with van der Waals surface area (Å²) >= 11 is 0. The molecule has 0 saturated carbocycles. The molecule has 0 aliphatic rings. The van der Waals surface area contributed by atoms with E-state index in [0.717, 1.165) is 22.3 Å². The Hall–Kier alpha value is -2.24. The van der Waals surface area contributed by atoms with E-state index in [9.17, 15) is 5.11 Å². The average Bonchev–Trinajstić information content (AvgIpc) is 2.97. The number of nitrogens with zero attached hydrogens (tertiary/aromatic N) is 3. The zero-order valence-corrected chi connectivity index (χ0v) is 14.3. The molecule has 5 nitrogen and oxygen atoms in total. The van der Waals surface area contributed by atoms with E-state index in [-0.39, 0.29) is 5.60 Å². The van der Waals surface area contributed by atoms with Crippen LogP contribution in [0.3, 0.4) is 0 Å². The van der Waals surface area contributed by atoms with Crippen molar-refractivity contribution in [3.63, 3.8) is 0 Å². The van der Waals surface area contributed by atoms with Crippen molar-refractivity contribution in [1.29, 1.82) is 0 Å². The van der Waals surface area contributed by atoms with Gasteiger partial charge in [0.1, 0.15) is 11.0 Å². The van der Waals surface area contributed by atoms with Crippen LogP contribution in [0, 0.1) is 0 Å². The van der Waals surface area contributed by atoms with Gasteiger partial charge >= 0.3 is 0 Å². The van der Waals surface area contributed by atoms with Crippen molar-refractivity contribution in [2.45, 2.75) is 38.9 Å². The van der Waals surface area contributed by atoms with Crippen LogP contribution in [0.15, 0.2) is 48.5 Å². The summed E-state index contributed by atoms with van der Waals surface area (Å²) in [5.41, 5.74) is 3.46. The lowest BCUT2D eigenvalue weighted by atomic mass is 10.1. The highest BCUT2D eigenvalue weighted by atomic mass is 16.5. The van der Waals surface area contributed by atoms with Gasteiger partial charge in [0.25, 0.3) is 0 Å². The van der Waals surface area contributed by atoms with Gasteiger partial charge in [0.2, 0.25) is 0 Å². The van der Waals surface area contributed by atoms with Gasteiger partial charge in [-0.2, -0.15) is 4.80 Å². The lowest BCUT2D eigenvalue weighted by Crippen LogP contribution is -2.27. The smallest absolute Gasteiger partial charge is 0.113 e. The van der Waals surface area contributed by atoms with E-state index in [0.29, 0.717) is 13.0 Å². The maximum Gasteiger partial charge on any atom is 0.113 e. The number of aromatic nitrogens is 3. The van der Waals surface area contributed by atoms with Crippen LogP contribution in [-0.4, -0.2) is 38.4 Å². The van der Waals surface area contributed by atoms with Crippen LogP contribution >= 0.6 is 0 Å². The fourth-order valence-electron chi connectivity index (χ4n) is 2.42. The van der Waals surface area contributed by atoms with Crippen LogP contribution in [0.5, 0.6) is 0 Å². The van der Waals surface area contributed by atoms with Gasteiger partial charge in [0, 0.05) is 6.42 Å². The molecule has 1 heterocycles. The van der Waals surface area contributed by atoms with Gasteiger partial charge in [0.05, 0.1) is 24.0 Å². The minimum Gasteiger partial charge on any atom is -0.390 e. The summed E-state index contributed by atoms with van der Waals surface area (Å²) in [6, 6.07) is 15.7. The van der Waals surface area contributed by atoms with Crippen LogP contribution in [0.4, 0.5) is 0 Å². The Bertz CT molecular complexity index is 770. The highest BCUT2D eigenvalue weighted by Gasteiger charge is 2.14. The molecule has 0 radical (unpaired) electrons. The van der Waals surface area contributed by atoms with E-state index in [1.807, 2.05) is 69.3 Å². The van der Waals surface area contributed by atoms with Crippen molar-refractivity contribution in [2.75, 3.05) is 6.61 Å². The molecule has 24 heavy (non-hydrogen) atoms. The second kappa shape index (κ2) is 6.71. The Morgan fingerprint density at radius 1 is 1.00 bits per heavy atom. The summed E-state index contributed by atoms with van der Waals surface area (Å²) in [6.45, 7) is 6.28. The fourth-order valence-corrected chi connectivity index (χ4v) is 2.42. The van der Waals surface area contributed by atoms with E-state index >= 15 is 0 Å². The van der Waals surface area contributed by atoms with Gasteiger partial charge < -0.3 is 9.84 Å². The van der Waals surface area contributed by atoms with Crippen LogP contribution in [-0.2, 0) is 11.2 Å². The minimum absolute atomic E-state index is 0.237.